The van der Waals surface area contributed by atoms with Gasteiger partial charge in [0.2, 0.25) is 0 Å². The van der Waals surface area contributed by atoms with Crippen LogP contribution in [0.1, 0.15) is 13.8 Å². The number of hydrogen-bond donors (Lipinski definition) is 1. The average molecular weight is 154 g/mol. The van der Waals surface area contributed by atoms with E-state index in [1.54, 1.807) is 13.8 Å². The fourth-order valence-corrected chi connectivity index (χ4v) is 0.760. The van der Waals surface area contributed by atoms with Crippen molar-refractivity contribution in [3.8, 4) is 0 Å². The van der Waals surface area contributed by atoms with Crippen molar-refractivity contribution in [3.05, 3.63) is 24.0 Å². The Labute approximate surface area is 65.0 Å². The number of esters is 1. The molecule has 1 aliphatic heterocycles. The van der Waals surface area contributed by atoms with Crippen LogP contribution in [0.5, 0.6) is 0 Å². The first-order valence-electron chi connectivity index (χ1n) is 3.32. The molecule has 0 bridgehead atoms. The highest BCUT2D eigenvalue weighted by atomic mass is 16.5. The van der Waals surface area contributed by atoms with Gasteiger partial charge in [-0.15, -0.1) is 0 Å². The van der Waals surface area contributed by atoms with E-state index < -0.39 is 5.60 Å². The minimum Gasteiger partial charge on any atom is -0.424 e. The standard InChI is InChI=1S/C8H10O3/c1-8(2,10)5-6-3-4-7(9)11-6/h3-5,10H,1-2H3/b6-5-. The van der Waals surface area contributed by atoms with Crippen LogP contribution in [-0.2, 0) is 9.53 Å². The second kappa shape index (κ2) is 2.51. The molecule has 0 saturated carbocycles. The SMILES string of the molecule is CC(C)(O)/C=C1/C=CC(=O)O1. The van der Waals surface area contributed by atoms with Crippen LogP contribution in [0.15, 0.2) is 24.0 Å². The van der Waals surface area contributed by atoms with E-state index in [1.165, 1.54) is 18.2 Å². The molecule has 3 nitrogen and oxygen atoms in total. The Bertz CT molecular complexity index is 230. The molecule has 0 fully saturated rings. The maximum atomic E-state index is 10.5. The van der Waals surface area contributed by atoms with Crippen LogP contribution >= 0.6 is 0 Å². The lowest BCUT2D eigenvalue weighted by molar-refractivity contribution is -0.132. The second-order valence-corrected chi connectivity index (χ2v) is 2.95. The highest BCUT2D eigenvalue weighted by molar-refractivity contribution is 5.86. The molecule has 0 unspecified atom stereocenters. The van der Waals surface area contributed by atoms with E-state index in [-0.39, 0.29) is 5.97 Å². The maximum Gasteiger partial charge on any atom is 0.336 e. The largest absolute Gasteiger partial charge is 0.424 e. The lowest BCUT2D eigenvalue weighted by Crippen LogP contribution is -2.15. The van der Waals surface area contributed by atoms with Gasteiger partial charge in [0.05, 0.1) is 5.60 Å². The third kappa shape index (κ3) is 2.55. The number of rotatable bonds is 1. The fourth-order valence-electron chi connectivity index (χ4n) is 0.760. The summed E-state index contributed by atoms with van der Waals surface area (Å²) < 4.78 is 4.69. The van der Waals surface area contributed by atoms with Crippen LogP contribution in [0.2, 0.25) is 0 Å². The zero-order valence-corrected chi connectivity index (χ0v) is 6.50. The Hall–Kier alpha value is -1.09. The van der Waals surface area contributed by atoms with E-state index in [0.29, 0.717) is 5.76 Å². The van der Waals surface area contributed by atoms with E-state index in [4.69, 9.17) is 0 Å². The quantitative estimate of drug-likeness (QED) is 0.567. The summed E-state index contributed by atoms with van der Waals surface area (Å²) in [5, 5.41) is 9.26. The molecule has 0 aromatic heterocycles. The number of cyclic esters (lactones) is 1. The van der Waals surface area contributed by atoms with Gasteiger partial charge >= 0.3 is 5.97 Å². The summed E-state index contributed by atoms with van der Waals surface area (Å²) in [6.45, 7) is 3.22. The number of carbonyl (C=O) groups is 1. The first-order chi connectivity index (χ1) is 4.97. The molecule has 0 saturated heterocycles. The number of ether oxygens (including phenoxy) is 1. The van der Waals surface area contributed by atoms with Crippen molar-refractivity contribution in [1.82, 2.24) is 0 Å². The first kappa shape index (κ1) is 8.01. The molecule has 0 aromatic rings. The molecule has 11 heavy (non-hydrogen) atoms. The van der Waals surface area contributed by atoms with Crippen LogP contribution in [0.3, 0.4) is 0 Å². The zero-order valence-electron chi connectivity index (χ0n) is 6.50. The van der Waals surface area contributed by atoms with Gasteiger partial charge < -0.3 is 9.84 Å². The van der Waals surface area contributed by atoms with Gasteiger partial charge in [0, 0.05) is 6.08 Å². The molecule has 0 spiro atoms. The number of allylic oxidation sites excluding steroid dienone is 1. The van der Waals surface area contributed by atoms with Crippen LogP contribution < -0.4 is 0 Å². The van der Waals surface area contributed by atoms with Crippen molar-refractivity contribution < 1.29 is 14.6 Å². The summed E-state index contributed by atoms with van der Waals surface area (Å²) in [7, 11) is 0. The van der Waals surface area contributed by atoms with Gasteiger partial charge in [0.25, 0.3) is 0 Å². The third-order valence-corrected chi connectivity index (χ3v) is 1.10. The molecule has 3 heteroatoms. The number of carbonyl (C=O) groups excluding carboxylic acids is 1. The number of hydrogen-bond acceptors (Lipinski definition) is 3. The lowest BCUT2D eigenvalue weighted by Gasteiger charge is -2.10. The Morgan fingerprint density at radius 3 is 2.55 bits per heavy atom. The van der Waals surface area contributed by atoms with Crippen molar-refractivity contribution in [2.45, 2.75) is 19.4 Å². The van der Waals surface area contributed by atoms with Crippen LogP contribution in [0.25, 0.3) is 0 Å². The van der Waals surface area contributed by atoms with Gasteiger partial charge in [-0.25, -0.2) is 4.79 Å². The van der Waals surface area contributed by atoms with Crippen molar-refractivity contribution >= 4 is 5.97 Å². The normalized spacial score (nSPS) is 21.0. The monoisotopic (exact) mass is 154 g/mol. The van der Waals surface area contributed by atoms with Crippen LogP contribution in [-0.4, -0.2) is 16.7 Å². The molecular formula is C8H10O3. The summed E-state index contributed by atoms with van der Waals surface area (Å²) in [6, 6.07) is 0. The van der Waals surface area contributed by atoms with E-state index >= 15 is 0 Å². The molecule has 1 N–H and O–H groups in total. The van der Waals surface area contributed by atoms with E-state index in [9.17, 15) is 9.90 Å². The predicted molar refractivity (Wildman–Crippen MR) is 39.6 cm³/mol. The van der Waals surface area contributed by atoms with Gasteiger partial charge in [-0.05, 0) is 26.0 Å². The van der Waals surface area contributed by atoms with Gasteiger partial charge in [-0.2, -0.15) is 0 Å². The van der Waals surface area contributed by atoms with Gasteiger partial charge in [-0.1, -0.05) is 0 Å². The summed E-state index contributed by atoms with van der Waals surface area (Å²) in [5.41, 5.74) is -0.940. The van der Waals surface area contributed by atoms with E-state index in [2.05, 4.69) is 4.74 Å². The molecule has 0 aromatic carbocycles. The highest BCUT2D eigenvalue weighted by Crippen LogP contribution is 2.14. The molecular weight excluding hydrogens is 144 g/mol. The molecule has 60 valence electrons. The Kier molecular flexibility index (Phi) is 1.83. The second-order valence-electron chi connectivity index (χ2n) is 2.95. The minimum absolute atomic E-state index is 0.388. The topological polar surface area (TPSA) is 46.5 Å². The zero-order chi connectivity index (χ0) is 8.48. The molecule has 0 atom stereocenters. The Balaban J connectivity index is 2.71. The first-order valence-corrected chi connectivity index (χ1v) is 3.32. The molecule has 1 rings (SSSR count). The minimum atomic E-state index is -0.940. The molecule has 0 radical (unpaired) electrons. The average Bonchev–Trinajstić information content (AvgIpc) is 2.10. The smallest absolute Gasteiger partial charge is 0.336 e. The predicted octanol–water partition coefficient (Wildman–Crippen LogP) is 0.754. The van der Waals surface area contributed by atoms with Crippen molar-refractivity contribution in [1.29, 1.82) is 0 Å². The lowest BCUT2D eigenvalue weighted by atomic mass is 10.1. The summed E-state index contributed by atoms with van der Waals surface area (Å²) in [4.78, 5) is 10.5. The number of aliphatic hydroxyl groups is 1. The summed E-state index contributed by atoms with van der Waals surface area (Å²) >= 11 is 0. The highest BCUT2D eigenvalue weighted by Gasteiger charge is 2.15. The Morgan fingerprint density at radius 1 is 1.55 bits per heavy atom. The van der Waals surface area contributed by atoms with Crippen molar-refractivity contribution in [3.63, 3.8) is 0 Å². The van der Waals surface area contributed by atoms with E-state index in [0.717, 1.165) is 0 Å². The van der Waals surface area contributed by atoms with Gasteiger partial charge in [0.1, 0.15) is 5.76 Å². The van der Waals surface area contributed by atoms with Crippen LogP contribution in [0, 0.1) is 0 Å². The summed E-state index contributed by atoms with van der Waals surface area (Å²) in [6.07, 6.45) is 4.33. The molecule has 0 amide bonds. The third-order valence-electron chi connectivity index (χ3n) is 1.10. The molecule has 1 aliphatic rings. The van der Waals surface area contributed by atoms with Crippen molar-refractivity contribution in [2.24, 2.45) is 0 Å². The van der Waals surface area contributed by atoms with Gasteiger partial charge in [0.15, 0.2) is 0 Å². The van der Waals surface area contributed by atoms with Gasteiger partial charge in [-0.3, -0.25) is 0 Å². The fraction of sp³-hybridized carbons (Fsp3) is 0.375. The van der Waals surface area contributed by atoms with E-state index in [1.807, 2.05) is 0 Å². The summed E-state index contributed by atoms with van der Waals surface area (Å²) in [5.74, 6) is 0.0167. The van der Waals surface area contributed by atoms with Crippen LogP contribution in [0.4, 0.5) is 0 Å². The van der Waals surface area contributed by atoms with Crippen molar-refractivity contribution in [2.75, 3.05) is 0 Å². The molecule has 1 heterocycles. The Morgan fingerprint density at radius 2 is 2.18 bits per heavy atom. The maximum absolute atomic E-state index is 10.5. The molecule has 0 aliphatic carbocycles.